The Morgan fingerprint density at radius 2 is 1.46 bits per heavy atom. The molecule has 0 atom stereocenters. The summed E-state index contributed by atoms with van der Waals surface area (Å²) in [5.41, 5.74) is 0. The van der Waals surface area contributed by atoms with Crippen LogP contribution in [0, 0.1) is 0 Å². The lowest BCUT2D eigenvalue weighted by Crippen LogP contribution is -2.33. The van der Waals surface area contributed by atoms with Crippen molar-refractivity contribution < 1.29 is 19.1 Å². The van der Waals surface area contributed by atoms with E-state index in [0.717, 1.165) is 0 Å². The minimum absolute atomic E-state index is 0.288. The van der Waals surface area contributed by atoms with Gasteiger partial charge in [0, 0.05) is 10.2 Å². The molecule has 0 bridgehead atoms. The largest absolute Gasteiger partial charge is 0.465 e. The van der Waals surface area contributed by atoms with Gasteiger partial charge in [0.1, 0.15) is 5.04 Å². The first-order valence-corrected chi connectivity index (χ1v) is 5.31. The molecule has 4 nitrogen and oxygen atoms in total. The molecule has 0 aromatic heterocycles. The van der Waals surface area contributed by atoms with Crippen LogP contribution in [0.4, 0.5) is 0 Å². The lowest BCUT2D eigenvalue weighted by atomic mass is 10.2. The molecule has 0 aliphatic heterocycles. The van der Waals surface area contributed by atoms with Crippen LogP contribution in [0.3, 0.4) is 0 Å². The molecule has 0 aromatic rings. The zero-order chi connectivity index (χ0) is 10.5. The first-order valence-electron chi connectivity index (χ1n) is 4.31. The third kappa shape index (κ3) is 3.18. The van der Waals surface area contributed by atoms with E-state index in [2.05, 4.69) is 0 Å². The van der Waals surface area contributed by atoms with Crippen molar-refractivity contribution in [2.75, 3.05) is 13.2 Å². The van der Waals surface area contributed by atoms with Crippen molar-refractivity contribution in [3.05, 3.63) is 0 Å². The van der Waals surface area contributed by atoms with Gasteiger partial charge in [0.15, 0.2) is 0 Å². The van der Waals surface area contributed by atoms with Gasteiger partial charge in [-0.1, -0.05) is 0 Å². The van der Waals surface area contributed by atoms with Gasteiger partial charge in [-0.3, -0.25) is 9.59 Å². The zero-order valence-electron chi connectivity index (χ0n) is 8.55. The van der Waals surface area contributed by atoms with Gasteiger partial charge in [0.2, 0.25) is 0 Å². The smallest absolute Gasteiger partial charge is 0.319 e. The summed E-state index contributed by atoms with van der Waals surface area (Å²) in [6, 6.07) is 0. The molecule has 0 N–H and O–H groups in total. The summed E-state index contributed by atoms with van der Waals surface area (Å²) >= 11 is 0. The number of rotatable bonds is 4. The molecule has 0 amide bonds. The Labute approximate surface area is 81.0 Å². The van der Waals surface area contributed by atoms with Crippen molar-refractivity contribution in [3.63, 3.8) is 0 Å². The van der Waals surface area contributed by atoms with E-state index in [0.29, 0.717) is 10.2 Å². The zero-order valence-corrected chi connectivity index (χ0v) is 10.5. The Morgan fingerprint density at radius 1 is 1.15 bits per heavy atom. The van der Waals surface area contributed by atoms with Crippen LogP contribution in [-0.2, 0) is 19.1 Å². The van der Waals surface area contributed by atoms with E-state index >= 15 is 0 Å². The standard InChI is InChI=1S/C8H16O4Si/c1-4-11-6(9)8(3,13)7(10)12-5-2/h4-5H2,1-3,13H3. The highest BCUT2D eigenvalue weighted by Gasteiger charge is 2.38. The lowest BCUT2D eigenvalue weighted by Gasteiger charge is -2.19. The monoisotopic (exact) mass is 204 g/mol. The summed E-state index contributed by atoms with van der Waals surface area (Å²) in [4.78, 5) is 22.6. The predicted octanol–water partition coefficient (Wildman–Crippen LogP) is -0.343. The van der Waals surface area contributed by atoms with E-state index in [4.69, 9.17) is 9.47 Å². The molecule has 0 radical (unpaired) electrons. The molecule has 5 heteroatoms. The molecule has 0 unspecified atom stereocenters. The highest BCUT2D eigenvalue weighted by Crippen LogP contribution is 2.23. The molecule has 13 heavy (non-hydrogen) atoms. The van der Waals surface area contributed by atoms with Crippen molar-refractivity contribution in [2.45, 2.75) is 25.8 Å². The highest BCUT2D eigenvalue weighted by atomic mass is 28.1. The van der Waals surface area contributed by atoms with E-state index in [9.17, 15) is 9.59 Å². The van der Waals surface area contributed by atoms with Crippen LogP contribution in [-0.4, -0.2) is 35.4 Å². The lowest BCUT2D eigenvalue weighted by molar-refractivity contribution is -0.159. The van der Waals surface area contributed by atoms with E-state index in [1.807, 2.05) is 0 Å². The molecule has 76 valence electrons. The predicted molar refractivity (Wildman–Crippen MR) is 51.6 cm³/mol. The number of hydrogen-bond donors (Lipinski definition) is 0. The SMILES string of the molecule is CCOC(=O)C(C)([SiH3])C(=O)OCC. The Hall–Kier alpha value is -0.843. The molecule has 0 aromatic carbocycles. The quantitative estimate of drug-likeness (QED) is 0.357. The van der Waals surface area contributed by atoms with Crippen LogP contribution >= 0.6 is 0 Å². The summed E-state index contributed by atoms with van der Waals surface area (Å²) in [5.74, 6) is -0.972. The van der Waals surface area contributed by atoms with E-state index in [1.54, 1.807) is 20.8 Å². The van der Waals surface area contributed by atoms with Crippen molar-refractivity contribution in [2.24, 2.45) is 0 Å². The average Bonchev–Trinajstić information content (AvgIpc) is 2.05. The van der Waals surface area contributed by atoms with Crippen LogP contribution in [0.2, 0.25) is 5.04 Å². The normalized spacial score (nSPS) is 11.0. The fourth-order valence-electron chi connectivity index (χ4n) is 0.706. The van der Waals surface area contributed by atoms with E-state index in [1.165, 1.54) is 0 Å². The third-order valence-electron chi connectivity index (χ3n) is 1.57. The van der Waals surface area contributed by atoms with Gasteiger partial charge in [-0.2, -0.15) is 0 Å². The second-order valence-electron chi connectivity index (χ2n) is 3.07. The van der Waals surface area contributed by atoms with Crippen molar-refractivity contribution in [1.82, 2.24) is 0 Å². The van der Waals surface area contributed by atoms with Gasteiger partial charge in [-0.15, -0.1) is 0 Å². The Kier molecular flexibility index (Phi) is 4.69. The Bertz CT molecular complexity index is 180. The molecule has 0 spiro atoms. The van der Waals surface area contributed by atoms with Crippen LogP contribution in [0.1, 0.15) is 20.8 Å². The fourth-order valence-corrected chi connectivity index (χ4v) is 0.995. The van der Waals surface area contributed by atoms with Crippen LogP contribution in [0.25, 0.3) is 0 Å². The Balaban J connectivity index is 4.36. The molecule has 0 aliphatic carbocycles. The third-order valence-corrected chi connectivity index (χ3v) is 2.39. The topological polar surface area (TPSA) is 52.6 Å². The van der Waals surface area contributed by atoms with Crippen LogP contribution in [0.5, 0.6) is 0 Å². The fraction of sp³-hybridized carbons (Fsp3) is 0.750. The van der Waals surface area contributed by atoms with Gasteiger partial charge in [0.25, 0.3) is 0 Å². The number of carbonyl (C=O) groups is 2. The molecule has 0 saturated heterocycles. The highest BCUT2D eigenvalue weighted by molar-refractivity contribution is 6.38. The summed E-state index contributed by atoms with van der Waals surface area (Å²) in [5, 5.41) is -1.06. The maximum atomic E-state index is 11.3. The van der Waals surface area contributed by atoms with Crippen molar-refractivity contribution >= 4 is 22.2 Å². The molecule has 0 rings (SSSR count). The minimum atomic E-state index is -1.06. The molecule has 0 heterocycles. The molecule has 0 aliphatic rings. The number of esters is 2. The first-order chi connectivity index (χ1) is 5.96. The summed E-state index contributed by atoms with van der Waals surface area (Å²) in [6.45, 7) is 5.54. The summed E-state index contributed by atoms with van der Waals surface area (Å²) in [6.07, 6.45) is 0. The Morgan fingerprint density at radius 3 is 1.69 bits per heavy atom. The van der Waals surface area contributed by atoms with Gasteiger partial charge in [-0.25, -0.2) is 0 Å². The molecule has 0 fully saturated rings. The maximum absolute atomic E-state index is 11.3. The average molecular weight is 204 g/mol. The molecule has 0 saturated carbocycles. The number of ether oxygens (including phenoxy) is 2. The minimum Gasteiger partial charge on any atom is -0.465 e. The van der Waals surface area contributed by atoms with Gasteiger partial charge in [-0.05, 0) is 20.8 Å². The first kappa shape index (κ1) is 12.2. The van der Waals surface area contributed by atoms with Gasteiger partial charge < -0.3 is 9.47 Å². The second kappa shape index (κ2) is 5.01. The van der Waals surface area contributed by atoms with Crippen LogP contribution < -0.4 is 0 Å². The van der Waals surface area contributed by atoms with E-state index < -0.39 is 17.0 Å². The van der Waals surface area contributed by atoms with Crippen molar-refractivity contribution in [3.8, 4) is 0 Å². The summed E-state index contributed by atoms with van der Waals surface area (Å²) < 4.78 is 9.54. The molecular weight excluding hydrogens is 188 g/mol. The van der Waals surface area contributed by atoms with Crippen LogP contribution in [0.15, 0.2) is 0 Å². The van der Waals surface area contributed by atoms with E-state index in [-0.39, 0.29) is 13.2 Å². The van der Waals surface area contributed by atoms with Gasteiger partial charge in [0.05, 0.1) is 13.2 Å². The number of carbonyl (C=O) groups excluding carboxylic acids is 2. The second-order valence-corrected chi connectivity index (χ2v) is 5.07. The number of hydrogen-bond acceptors (Lipinski definition) is 4. The van der Waals surface area contributed by atoms with Crippen molar-refractivity contribution in [1.29, 1.82) is 0 Å². The summed E-state index contributed by atoms with van der Waals surface area (Å²) in [7, 11) is 0.395. The molecular formula is C8H16O4Si. The van der Waals surface area contributed by atoms with Gasteiger partial charge >= 0.3 is 11.9 Å². The maximum Gasteiger partial charge on any atom is 0.319 e.